The molecule has 0 bridgehead atoms. The van der Waals surface area contributed by atoms with Gasteiger partial charge in [-0.3, -0.25) is 29.3 Å². The summed E-state index contributed by atoms with van der Waals surface area (Å²) in [5.41, 5.74) is 10.7. The van der Waals surface area contributed by atoms with Crippen LogP contribution in [0.15, 0.2) is 128 Å². The highest BCUT2D eigenvalue weighted by atomic mass is 16.2. The van der Waals surface area contributed by atoms with Crippen molar-refractivity contribution in [2.75, 3.05) is 0 Å². The maximum atomic E-state index is 13.7. The van der Waals surface area contributed by atoms with Crippen LogP contribution in [0.5, 0.6) is 0 Å². The van der Waals surface area contributed by atoms with Crippen LogP contribution in [0.3, 0.4) is 0 Å². The molecule has 3 heterocycles. The minimum absolute atomic E-state index is 0.259. The molecule has 1 aliphatic rings. The van der Waals surface area contributed by atoms with E-state index in [4.69, 9.17) is 0 Å². The molecular weight excluding hydrogens is 817 g/mol. The lowest BCUT2D eigenvalue weighted by Crippen LogP contribution is -2.53. The first-order chi connectivity index (χ1) is 32.3. The molecule has 7 rings (SSSR count). The van der Waals surface area contributed by atoms with Crippen LogP contribution in [0.4, 0.5) is 0 Å². The third kappa shape index (κ3) is 13.5. The molecule has 0 spiro atoms. The number of rotatable bonds is 21. The van der Waals surface area contributed by atoms with Crippen molar-refractivity contribution in [1.82, 2.24) is 30.9 Å². The van der Waals surface area contributed by atoms with E-state index in [-0.39, 0.29) is 35.8 Å². The van der Waals surface area contributed by atoms with Crippen LogP contribution >= 0.6 is 0 Å². The van der Waals surface area contributed by atoms with Crippen LogP contribution in [-0.2, 0) is 19.3 Å². The predicted octanol–water partition coefficient (Wildman–Crippen LogP) is 12.0. The second-order valence-electron chi connectivity index (χ2n) is 18.0. The molecule has 0 radical (unpaired) electrons. The highest BCUT2D eigenvalue weighted by Gasteiger charge is 2.32. The number of hydrogen-bond acceptors (Lipinski definition) is 6. The van der Waals surface area contributed by atoms with Crippen LogP contribution in [-0.4, -0.2) is 50.8 Å². The number of unbranched alkanes of at least 4 members (excludes halogenated alkanes) is 6. The van der Waals surface area contributed by atoms with Crippen molar-refractivity contribution < 1.29 is 14.4 Å². The van der Waals surface area contributed by atoms with Crippen molar-refractivity contribution in [1.29, 1.82) is 0 Å². The Balaban J connectivity index is 1.01. The molecule has 1 fully saturated rings. The van der Waals surface area contributed by atoms with Crippen LogP contribution in [0, 0.1) is 0 Å². The highest BCUT2D eigenvalue weighted by molar-refractivity contribution is 5.96. The summed E-state index contributed by atoms with van der Waals surface area (Å²) >= 11 is 0. The van der Waals surface area contributed by atoms with E-state index >= 15 is 0 Å². The monoisotopic (exact) mass is 883 g/mol. The summed E-state index contributed by atoms with van der Waals surface area (Å²) < 4.78 is 0. The topological polar surface area (TPSA) is 126 Å². The number of hydrogen-bond donors (Lipinski definition) is 3. The number of aromatic nitrogens is 3. The summed E-state index contributed by atoms with van der Waals surface area (Å²) in [6, 6.07) is 35.5. The molecule has 342 valence electrons. The fraction of sp³-hybridized carbons (Fsp3) is 0.368. The second-order valence-corrected chi connectivity index (χ2v) is 18.0. The van der Waals surface area contributed by atoms with E-state index in [0.29, 0.717) is 36.0 Å². The highest BCUT2D eigenvalue weighted by Crippen LogP contribution is 2.25. The molecular formula is C57H66N6O3. The zero-order chi connectivity index (χ0) is 46.1. The van der Waals surface area contributed by atoms with Crippen molar-refractivity contribution >= 4 is 17.7 Å². The first-order valence-corrected chi connectivity index (χ1v) is 24.4. The lowest BCUT2D eigenvalue weighted by Gasteiger charge is -2.36. The van der Waals surface area contributed by atoms with Crippen LogP contribution in [0.1, 0.15) is 146 Å². The maximum absolute atomic E-state index is 13.7. The fourth-order valence-corrected chi connectivity index (χ4v) is 8.84. The number of aryl methyl sites for hydroxylation is 3. The first kappa shape index (κ1) is 47.5. The van der Waals surface area contributed by atoms with Gasteiger partial charge in [-0.1, -0.05) is 132 Å². The van der Waals surface area contributed by atoms with Gasteiger partial charge < -0.3 is 16.0 Å². The molecule has 66 heavy (non-hydrogen) atoms. The molecule has 3 aromatic heterocycles. The first-order valence-electron chi connectivity index (χ1n) is 24.4. The summed E-state index contributed by atoms with van der Waals surface area (Å²) in [7, 11) is 0. The van der Waals surface area contributed by atoms with Crippen LogP contribution < -0.4 is 16.0 Å². The lowest BCUT2D eigenvalue weighted by atomic mass is 9.86. The average molecular weight is 883 g/mol. The van der Waals surface area contributed by atoms with Crippen LogP contribution in [0.25, 0.3) is 33.8 Å². The molecule has 0 unspecified atom stereocenters. The van der Waals surface area contributed by atoms with Gasteiger partial charge in [-0.05, 0) is 111 Å². The number of nitrogens with zero attached hydrogens (tertiary/aromatic N) is 3. The Labute approximate surface area is 391 Å². The van der Waals surface area contributed by atoms with Gasteiger partial charge in [0.05, 0.1) is 33.8 Å². The zero-order valence-corrected chi connectivity index (χ0v) is 39.0. The Kier molecular flexibility index (Phi) is 17.4. The molecule has 9 heteroatoms. The van der Waals surface area contributed by atoms with E-state index in [2.05, 4.69) is 124 Å². The summed E-state index contributed by atoms with van der Waals surface area (Å²) in [5.74, 6) is -0.778. The molecule has 0 aliphatic heterocycles. The van der Waals surface area contributed by atoms with Crippen molar-refractivity contribution in [3.63, 3.8) is 0 Å². The van der Waals surface area contributed by atoms with Crippen molar-refractivity contribution in [2.24, 2.45) is 0 Å². The zero-order valence-electron chi connectivity index (χ0n) is 39.0. The number of nitrogens with one attached hydrogen (secondary N) is 3. The van der Waals surface area contributed by atoms with Gasteiger partial charge in [0, 0.05) is 53.4 Å². The van der Waals surface area contributed by atoms with Crippen molar-refractivity contribution in [2.45, 2.75) is 135 Å². The second kappa shape index (κ2) is 24.2. The molecule has 1 saturated carbocycles. The van der Waals surface area contributed by atoms with E-state index in [1.54, 1.807) is 36.8 Å². The Bertz CT molecular complexity index is 2170. The standard InChI is InChI=1S/C57H66N6O3/c1-4-7-10-13-40-16-22-43(23-17-40)52-31-28-46(37-58-52)55(64)61-49-34-50(62-56(65)47-29-32-53(59-38-47)44-24-18-41(19-25-44)14-11-8-5-2)36-51(35-49)63-57(66)48-30-33-54(60-39-48)45-26-20-42(21-27-45)15-12-9-6-3/h16-33,37-39,49-51H,4-15,34-36H2,1-3H3,(H,61,64)(H,62,65)(H,63,66). The fourth-order valence-electron chi connectivity index (χ4n) is 8.84. The van der Waals surface area contributed by atoms with E-state index in [1.807, 2.05) is 18.2 Å². The Morgan fingerprint density at radius 1 is 0.394 bits per heavy atom. The molecule has 9 nitrogen and oxygen atoms in total. The van der Waals surface area contributed by atoms with Gasteiger partial charge in [0.1, 0.15) is 0 Å². The minimum atomic E-state index is -0.335. The Morgan fingerprint density at radius 2 is 0.667 bits per heavy atom. The molecule has 0 atom stereocenters. The summed E-state index contributed by atoms with van der Waals surface area (Å²) in [6.45, 7) is 6.64. The molecule has 6 aromatic rings. The lowest BCUT2D eigenvalue weighted by molar-refractivity contribution is 0.0871. The summed E-state index contributed by atoms with van der Waals surface area (Å²) in [5, 5.41) is 9.58. The van der Waals surface area contributed by atoms with Crippen molar-refractivity contribution in [3.05, 3.63) is 161 Å². The molecule has 3 amide bonds. The molecule has 1 aliphatic carbocycles. The summed E-state index contributed by atoms with van der Waals surface area (Å²) in [4.78, 5) is 55.2. The predicted molar refractivity (Wildman–Crippen MR) is 266 cm³/mol. The largest absolute Gasteiger partial charge is 0.349 e. The quantitative estimate of drug-likeness (QED) is 0.0618. The Hall–Kier alpha value is -6.48. The van der Waals surface area contributed by atoms with Gasteiger partial charge in [-0.2, -0.15) is 0 Å². The van der Waals surface area contributed by atoms with Gasteiger partial charge in [0.2, 0.25) is 0 Å². The van der Waals surface area contributed by atoms with E-state index < -0.39 is 0 Å². The van der Waals surface area contributed by atoms with Gasteiger partial charge in [-0.25, -0.2) is 0 Å². The molecule has 0 saturated heterocycles. The third-order valence-electron chi connectivity index (χ3n) is 12.7. The molecule has 3 aromatic carbocycles. The minimum Gasteiger partial charge on any atom is -0.349 e. The van der Waals surface area contributed by atoms with E-state index in [9.17, 15) is 14.4 Å². The number of amides is 3. The third-order valence-corrected chi connectivity index (χ3v) is 12.7. The van der Waals surface area contributed by atoms with Crippen LogP contribution in [0.2, 0.25) is 0 Å². The molecule has 3 N–H and O–H groups in total. The van der Waals surface area contributed by atoms with Gasteiger partial charge in [0.15, 0.2) is 0 Å². The number of carbonyl (C=O) groups excluding carboxylic acids is 3. The van der Waals surface area contributed by atoms with E-state index in [0.717, 1.165) is 53.0 Å². The van der Waals surface area contributed by atoms with Gasteiger partial charge in [-0.15, -0.1) is 0 Å². The van der Waals surface area contributed by atoms with Crippen molar-refractivity contribution in [3.8, 4) is 33.8 Å². The van der Waals surface area contributed by atoms with Gasteiger partial charge in [0.25, 0.3) is 17.7 Å². The SMILES string of the molecule is CCCCCc1ccc(-c2ccc(C(=O)NC3CC(NC(=O)c4ccc(-c5ccc(CCCCC)cc5)nc4)CC(NC(=O)c4ccc(-c5ccc(CCCCC)cc5)nc4)C3)cn2)cc1. The summed E-state index contributed by atoms with van der Waals surface area (Å²) in [6.07, 6.45) is 20.3. The number of benzene rings is 3. The number of carbonyl (C=O) groups is 3. The average Bonchev–Trinajstić information content (AvgIpc) is 3.35. The van der Waals surface area contributed by atoms with E-state index in [1.165, 1.54) is 74.5 Å². The van der Waals surface area contributed by atoms with Gasteiger partial charge >= 0.3 is 0 Å². The number of pyridine rings is 3. The normalized spacial score (nSPS) is 15.8. The smallest absolute Gasteiger partial charge is 0.253 e. The maximum Gasteiger partial charge on any atom is 0.253 e. The Morgan fingerprint density at radius 3 is 0.894 bits per heavy atom.